The standard InChI is InChI=1S/C10H11FO3/c1-14-10(13)6-9(12)7-2-4-8(11)5-3-7/h2-5,9,12H,6H2,1H3. The van der Waals surface area contributed by atoms with E-state index in [2.05, 4.69) is 4.74 Å². The lowest BCUT2D eigenvalue weighted by Gasteiger charge is -2.08. The fraction of sp³-hybridized carbons (Fsp3) is 0.300. The van der Waals surface area contributed by atoms with Crippen LogP contribution in [0.5, 0.6) is 0 Å². The summed E-state index contributed by atoms with van der Waals surface area (Å²) >= 11 is 0. The molecule has 1 atom stereocenters. The molecular formula is C10H11FO3. The molecule has 0 saturated heterocycles. The molecule has 0 heterocycles. The van der Waals surface area contributed by atoms with E-state index >= 15 is 0 Å². The van der Waals surface area contributed by atoms with Gasteiger partial charge < -0.3 is 9.84 Å². The van der Waals surface area contributed by atoms with Crippen molar-refractivity contribution in [1.29, 1.82) is 0 Å². The minimum atomic E-state index is -0.942. The predicted octanol–water partition coefficient (Wildman–Crippen LogP) is 1.42. The molecule has 0 saturated carbocycles. The number of methoxy groups -OCH3 is 1. The van der Waals surface area contributed by atoms with Crippen LogP contribution in [-0.4, -0.2) is 18.2 Å². The molecule has 1 aromatic carbocycles. The molecule has 1 rings (SSSR count). The van der Waals surface area contributed by atoms with Crippen LogP contribution in [0.2, 0.25) is 0 Å². The molecule has 1 unspecified atom stereocenters. The third kappa shape index (κ3) is 2.81. The van der Waals surface area contributed by atoms with Crippen LogP contribution in [0, 0.1) is 5.82 Å². The van der Waals surface area contributed by atoms with Gasteiger partial charge in [0.2, 0.25) is 0 Å². The van der Waals surface area contributed by atoms with E-state index in [0.717, 1.165) is 0 Å². The highest BCUT2D eigenvalue weighted by molar-refractivity contribution is 5.70. The number of ether oxygens (including phenoxy) is 1. The lowest BCUT2D eigenvalue weighted by Crippen LogP contribution is -2.07. The molecule has 1 N–H and O–H groups in total. The SMILES string of the molecule is COC(=O)CC(O)c1ccc(F)cc1. The highest BCUT2D eigenvalue weighted by atomic mass is 19.1. The van der Waals surface area contributed by atoms with E-state index in [1.54, 1.807) is 0 Å². The molecule has 0 aliphatic heterocycles. The number of aliphatic hydroxyl groups excluding tert-OH is 1. The van der Waals surface area contributed by atoms with Crippen LogP contribution in [0.25, 0.3) is 0 Å². The summed E-state index contributed by atoms with van der Waals surface area (Å²) in [6.45, 7) is 0. The van der Waals surface area contributed by atoms with Crippen LogP contribution >= 0.6 is 0 Å². The molecule has 14 heavy (non-hydrogen) atoms. The second-order valence-electron chi connectivity index (χ2n) is 2.85. The molecule has 0 aromatic heterocycles. The second-order valence-corrected chi connectivity index (χ2v) is 2.85. The molecule has 0 spiro atoms. The first kappa shape index (κ1) is 10.7. The summed E-state index contributed by atoms with van der Waals surface area (Å²) < 4.78 is 16.9. The van der Waals surface area contributed by atoms with Crippen molar-refractivity contribution in [2.75, 3.05) is 7.11 Å². The van der Waals surface area contributed by atoms with Crippen molar-refractivity contribution in [2.45, 2.75) is 12.5 Å². The van der Waals surface area contributed by atoms with Crippen molar-refractivity contribution >= 4 is 5.97 Å². The average molecular weight is 198 g/mol. The van der Waals surface area contributed by atoms with E-state index < -0.39 is 12.1 Å². The predicted molar refractivity (Wildman–Crippen MR) is 48.0 cm³/mol. The molecule has 4 heteroatoms. The fourth-order valence-corrected chi connectivity index (χ4v) is 1.04. The molecule has 1 aromatic rings. The topological polar surface area (TPSA) is 46.5 Å². The zero-order valence-electron chi connectivity index (χ0n) is 7.74. The van der Waals surface area contributed by atoms with Crippen LogP contribution in [0.3, 0.4) is 0 Å². The van der Waals surface area contributed by atoms with Gasteiger partial charge in [-0.2, -0.15) is 0 Å². The number of carbonyl (C=O) groups is 1. The van der Waals surface area contributed by atoms with Crippen molar-refractivity contribution in [2.24, 2.45) is 0 Å². The third-order valence-electron chi connectivity index (χ3n) is 1.84. The van der Waals surface area contributed by atoms with E-state index in [1.165, 1.54) is 31.4 Å². The number of carbonyl (C=O) groups excluding carboxylic acids is 1. The summed E-state index contributed by atoms with van der Waals surface area (Å²) in [6, 6.07) is 5.33. The van der Waals surface area contributed by atoms with Gasteiger partial charge in [0.1, 0.15) is 5.82 Å². The van der Waals surface area contributed by atoms with Crippen LogP contribution in [0.1, 0.15) is 18.1 Å². The lowest BCUT2D eigenvalue weighted by molar-refractivity contribution is -0.142. The maximum atomic E-state index is 12.5. The minimum Gasteiger partial charge on any atom is -0.469 e. The summed E-state index contributed by atoms with van der Waals surface area (Å²) in [7, 11) is 1.25. The Hall–Kier alpha value is -1.42. The van der Waals surface area contributed by atoms with Gasteiger partial charge in [-0.25, -0.2) is 4.39 Å². The van der Waals surface area contributed by atoms with Crippen LogP contribution in [0.15, 0.2) is 24.3 Å². The first-order valence-electron chi connectivity index (χ1n) is 4.14. The number of hydrogen-bond acceptors (Lipinski definition) is 3. The third-order valence-corrected chi connectivity index (χ3v) is 1.84. The van der Waals surface area contributed by atoms with Gasteiger partial charge in [-0.3, -0.25) is 4.79 Å². The molecule has 0 fully saturated rings. The van der Waals surface area contributed by atoms with Gasteiger partial charge >= 0.3 is 5.97 Å². The van der Waals surface area contributed by atoms with Crippen molar-refractivity contribution in [3.63, 3.8) is 0 Å². The van der Waals surface area contributed by atoms with E-state index in [-0.39, 0.29) is 12.2 Å². The fourth-order valence-electron chi connectivity index (χ4n) is 1.04. The average Bonchev–Trinajstić information content (AvgIpc) is 2.18. The van der Waals surface area contributed by atoms with Crippen LogP contribution in [-0.2, 0) is 9.53 Å². The smallest absolute Gasteiger partial charge is 0.308 e. The second kappa shape index (κ2) is 4.72. The molecule has 0 bridgehead atoms. The van der Waals surface area contributed by atoms with Gasteiger partial charge in [-0.1, -0.05) is 12.1 Å². The maximum absolute atomic E-state index is 12.5. The summed E-state index contributed by atoms with van der Waals surface area (Å²) in [5.74, 6) is -0.874. The van der Waals surface area contributed by atoms with Crippen LogP contribution in [0.4, 0.5) is 4.39 Å². The molecular weight excluding hydrogens is 187 g/mol. The molecule has 3 nitrogen and oxygen atoms in total. The lowest BCUT2D eigenvalue weighted by atomic mass is 10.1. The van der Waals surface area contributed by atoms with Crippen molar-refractivity contribution in [3.8, 4) is 0 Å². The van der Waals surface area contributed by atoms with Crippen LogP contribution < -0.4 is 0 Å². The minimum absolute atomic E-state index is 0.123. The van der Waals surface area contributed by atoms with Gasteiger partial charge in [-0.05, 0) is 17.7 Å². The Morgan fingerprint density at radius 3 is 2.57 bits per heavy atom. The molecule has 0 aliphatic carbocycles. The summed E-state index contributed by atoms with van der Waals surface area (Å²) in [4.78, 5) is 10.8. The maximum Gasteiger partial charge on any atom is 0.308 e. The normalized spacial score (nSPS) is 12.2. The van der Waals surface area contributed by atoms with E-state index in [4.69, 9.17) is 0 Å². The van der Waals surface area contributed by atoms with Gasteiger partial charge in [0.05, 0.1) is 19.6 Å². The number of esters is 1. The van der Waals surface area contributed by atoms with Gasteiger partial charge in [0.15, 0.2) is 0 Å². The first-order chi connectivity index (χ1) is 6.63. The number of halogens is 1. The van der Waals surface area contributed by atoms with Crippen molar-refractivity contribution in [3.05, 3.63) is 35.6 Å². The quantitative estimate of drug-likeness (QED) is 0.747. The molecule has 76 valence electrons. The molecule has 0 radical (unpaired) electrons. The van der Waals surface area contributed by atoms with Gasteiger partial charge in [0.25, 0.3) is 0 Å². The summed E-state index contributed by atoms with van der Waals surface area (Å²) in [6.07, 6.45) is -1.06. The highest BCUT2D eigenvalue weighted by Crippen LogP contribution is 2.16. The van der Waals surface area contributed by atoms with Crippen molar-refractivity contribution in [1.82, 2.24) is 0 Å². The monoisotopic (exact) mass is 198 g/mol. The Kier molecular flexibility index (Phi) is 3.59. The van der Waals surface area contributed by atoms with E-state index in [0.29, 0.717) is 5.56 Å². The number of rotatable bonds is 3. The number of benzene rings is 1. The Labute approximate surface area is 81.1 Å². The largest absolute Gasteiger partial charge is 0.469 e. The molecule has 0 aliphatic rings. The van der Waals surface area contributed by atoms with Gasteiger partial charge in [-0.15, -0.1) is 0 Å². The van der Waals surface area contributed by atoms with Crippen molar-refractivity contribution < 1.29 is 19.0 Å². The summed E-state index contributed by atoms with van der Waals surface area (Å²) in [5, 5.41) is 9.49. The van der Waals surface area contributed by atoms with Gasteiger partial charge in [0, 0.05) is 0 Å². The summed E-state index contributed by atoms with van der Waals surface area (Å²) in [5.41, 5.74) is 0.497. The Morgan fingerprint density at radius 1 is 1.50 bits per heavy atom. The number of hydrogen-bond donors (Lipinski definition) is 1. The molecule has 0 amide bonds. The zero-order valence-corrected chi connectivity index (χ0v) is 7.74. The Balaban J connectivity index is 2.65. The Morgan fingerprint density at radius 2 is 2.07 bits per heavy atom. The number of aliphatic hydroxyl groups is 1. The van der Waals surface area contributed by atoms with E-state index in [9.17, 15) is 14.3 Å². The highest BCUT2D eigenvalue weighted by Gasteiger charge is 2.12. The zero-order chi connectivity index (χ0) is 10.6. The van der Waals surface area contributed by atoms with E-state index in [1.807, 2.05) is 0 Å². The Bertz CT molecular complexity index is 308. The first-order valence-corrected chi connectivity index (χ1v) is 4.14.